The highest BCUT2D eigenvalue weighted by Gasteiger charge is 2.03. The first-order valence-electron chi connectivity index (χ1n) is 6.54. The average molecular weight is 294 g/mol. The van der Waals surface area contributed by atoms with Crippen molar-refractivity contribution in [1.82, 2.24) is 0 Å². The Labute approximate surface area is 131 Å². The van der Waals surface area contributed by atoms with E-state index in [1.54, 1.807) is 6.08 Å². The molecule has 0 radical (unpaired) electrons. The van der Waals surface area contributed by atoms with Gasteiger partial charge < -0.3 is 11.1 Å². The third-order valence-electron chi connectivity index (χ3n) is 3.01. The van der Waals surface area contributed by atoms with Crippen molar-refractivity contribution in [2.75, 3.05) is 11.1 Å². The zero-order valence-electron chi connectivity index (χ0n) is 11.7. The third kappa shape index (κ3) is 4.04. The van der Waals surface area contributed by atoms with Gasteiger partial charge in [-0.1, -0.05) is 43.5 Å². The zero-order chi connectivity index (χ0) is 15.2. The number of nitrogens with one attached hydrogen (secondary N) is 1. The fourth-order valence-electron chi connectivity index (χ4n) is 1.88. The summed E-state index contributed by atoms with van der Waals surface area (Å²) in [6.07, 6.45) is 5.50. The summed E-state index contributed by atoms with van der Waals surface area (Å²) in [4.78, 5) is 0.925. The van der Waals surface area contributed by atoms with Gasteiger partial charge in [0.05, 0.1) is 0 Å². The number of benzene rings is 2. The van der Waals surface area contributed by atoms with E-state index in [2.05, 4.69) is 31.1 Å². The lowest BCUT2D eigenvalue weighted by atomic mass is 10.1. The highest BCUT2D eigenvalue weighted by molar-refractivity contribution is 7.80. The highest BCUT2D eigenvalue weighted by Crippen LogP contribution is 2.23. The first-order chi connectivity index (χ1) is 10.1. The van der Waals surface area contributed by atoms with E-state index < -0.39 is 0 Å². The third-order valence-corrected chi connectivity index (χ3v) is 3.31. The summed E-state index contributed by atoms with van der Waals surface area (Å²) in [5.74, 6) is 0. The molecule has 0 bridgehead atoms. The second-order valence-electron chi connectivity index (χ2n) is 4.59. The second kappa shape index (κ2) is 6.86. The minimum Gasteiger partial charge on any atom is -0.398 e. The van der Waals surface area contributed by atoms with Gasteiger partial charge in [0.2, 0.25) is 0 Å². The average Bonchev–Trinajstić information content (AvgIpc) is 2.48. The van der Waals surface area contributed by atoms with Gasteiger partial charge in [-0.05, 0) is 41.5 Å². The molecule has 0 atom stereocenters. The number of nitrogen functional groups attached to an aromatic ring is 1. The Kier molecular flexibility index (Phi) is 4.90. The molecule has 0 saturated carbocycles. The van der Waals surface area contributed by atoms with Crippen LogP contribution in [0, 0.1) is 0 Å². The molecule has 0 fully saturated rings. The van der Waals surface area contributed by atoms with Gasteiger partial charge in [-0.3, -0.25) is 0 Å². The molecule has 3 N–H and O–H groups in total. The number of allylic oxidation sites excluding steroid dienone is 2. The molecule has 2 aromatic carbocycles. The molecular weight excluding hydrogens is 276 g/mol. The molecule has 0 aliphatic heterocycles. The lowest BCUT2D eigenvalue weighted by Gasteiger charge is -2.11. The molecule has 0 heterocycles. The number of anilines is 2. The smallest absolute Gasteiger partial charge is 0.0394 e. The molecule has 2 nitrogen and oxygen atoms in total. The van der Waals surface area contributed by atoms with Gasteiger partial charge in [0.25, 0.3) is 0 Å². The molecule has 0 aliphatic rings. The molecule has 0 aromatic heterocycles. The quantitative estimate of drug-likeness (QED) is 0.419. The lowest BCUT2D eigenvalue weighted by molar-refractivity contribution is 1.45. The van der Waals surface area contributed by atoms with E-state index in [9.17, 15) is 0 Å². The Balaban J connectivity index is 2.16. The highest BCUT2D eigenvalue weighted by atomic mass is 32.1. The van der Waals surface area contributed by atoms with Crippen molar-refractivity contribution >= 4 is 35.8 Å². The topological polar surface area (TPSA) is 38.0 Å². The van der Waals surface area contributed by atoms with Crippen LogP contribution in [0.25, 0.3) is 11.8 Å². The van der Waals surface area contributed by atoms with Gasteiger partial charge in [0.15, 0.2) is 0 Å². The number of hydrogen-bond donors (Lipinski definition) is 3. The summed E-state index contributed by atoms with van der Waals surface area (Å²) in [6.45, 7) is 7.70. The normalized spacial score (nSPS) is 10.5. The van der Waals surface area contributed by atoms with E-state index in [0.29, 0.717) is 5.69 Å². The van der Waals surface area contributed by atoms with E-state index in [0.717, 1.165) is 27.4 Å². The minimum absolute atomic E-state index is 0.708. The van der Waals surface area contributed by atoms with Crippen LogP contribution in [0.1, 0.15) is 11.1 Å². The Morgan fingerprint density at radius 3 is 2.48 bits per heavy atom. The molecule has 0 spiro atoms. The Morgan fingerprint density at radius 2 is 1.86 bits per heavy atom. The maximum Gasteiger partial charge on any atom is 0.0394 e. The van der Waals surface area contributed by atoms with Crippen LogP contribution in [0.3, 0.4) is 0 Å². The molecule has 3 heteroatoms. The number of rotatable bonds is 5. The molecule has 0 saturated heterocycles. The van der Waals surface area contributed by atoms with Crippen LogP contribution < -0.4 is 11.1 Å². The van der Waals surface area contributed by atoms with Crippen molar-refractivity contribution in [1.29, 1.82) is 0 Å². The maximum absolute atomic E-state index is 6.05. The van der Waals surface area contributed by atoms with Gasteiger partial charge >= 0.3 is 0 Å². The predicted molar refractivity (Wildman–Crippen MR) is 96.4 cm³/mol. The van der Waals surface area contributed by atoms with Crippen LogP contribution in [0.4, 0.5) is 11.4 Å². The Hall–Kier alpha value is -2.39. The van der Waals surface area contributed by atoms with E-state index in [-0.39, 0.29) is 0 Å². The van der Waals surface area contributed by atoms with Crippen LogP contribution in [-0.4, -0.2) is 0 Å². The zero-order valence-corrected chi connectivity index (χ0v) is 12.6. The fourth-order valence-corrected chi connectivity index (χ4v) is 2.03. The number of hydrogen-bond acceptors (Lipinski definition) is 3. The van der Waals surface area contributed by atoms with Crippen LogP contribution in [0.5, 0.6) is 0 Å². The second-order valence-corrected chi connectivity index (χ2v) is 5.11. The van der Waals surface area contributed by atoms with Gasteiger partial charge in [-0.25, -0.2) is 0 Å². The van der Waals surface area contributed by atoms with E-state index >= 15 is 0 Å². The first-order valence-corrected chi connectivity index (χ1v) is 6.99. The summed E-state index contributed by atoms with van der Waals surface area (Å²) in [7, 11) is 0. The molecule has 21 heavy (non-hydrogen) atoms. The molecule has 0 aliphatic carbocycles. The molecular formula is C18H18N2S. The van der Waals surface area contributed by atoms with E-state index in [1.807, 2.05) is 54.6 Å². The van der Waals surface area contributed by atoms with Crippen molar-refractivity contribution < 1.29 is 0 Å². The standard InChI is InChI=1S/C18H18N2S/c1-3-4-5-14-6-7-15(12-18(14)19)13(2)20-16-8-10-17(21)11-9-16/h3-12,20-21H,1-2,19H2/b5-4+. The predicted octanol–water partition coefficient (Wildman–Crippen LogP) is 4.84. The van der Waals surface area contributed by atoms with Gasteiger partial charge in [0.1, 0.15) is 0 Å². The Bertz CT molecular complexity index is 685. The Morgan fingerprint density at radius 1 is 1.14 bits per heavy atom. The maximum atomic E-state index is 6.05. The summed E-state index contributed by atoms with van der Waals surface area (Å²) >= 11 is 4.26. The van der Waals surface area contributed by atoms with E-state index in [4.69, 9.17) is 5.73 Å². The van der Waals surface area contributed by atoms with E-state index in [1.165, 1.54) is 0 Å². The van der Waals surface area contributed by atoms with Gasteiger partial charge in [0, 0.05) is 22.0 Å². The molecule has 0 amide bonds. The molecule has 106 valence electrons. The molecule has 2 rings (SSSR count). The van der Waals surface area contributed by atoms with Crippen molar-refractivity contribution in [2.24, 2.45) is 0 Å². The summed E-state index contributed by atoms with van der Waals surface area (Å²) < 4.78 is 0. The minimum atomic E-state index is 0.708. The monoisotopic (exact) mass is 294 g/mol. The van der Waals surface area contributed by atoms with Crippen LogP contribution in [0.15, 0.2) is 72.7 Å². The van der Waals surface area contributed by atoms with Crippen LogP contribution in [-0.2, 0) is 0 Å². The van der Waals surface area contributed by atoms with Crippen LogP contribution >= 0.6 is 12.6 Å². The summed E-state index contributed by atoms with van der Waals surface area (Å²) in [5, 5.41) is 3.26. The first kappa shape index (κ1) is 15.0. The SMILES string of the molecule is C=C/C=C/c1ccc(C(=C)Nc2ccc(S)cc2)cc1N. The number of nitrogens with two attached hydrogens (primary N) is 1. The summed E-state index contributed by atoms with van der Waals surface area (Å²) in [6, 6.07) is 13.6. The largest absolute Gasteiger partial charge is 0.398 e. The van der Waals surface area contributed by atoms with Crippen molar-refractivity contribution in [3.05, 3.63) is 78.9 Å². The van der Waals surface area contributed by atoms with Crippen LogP contribution in [0.2, 0.25) is 0 Å². The molecule has 2 aromatic rings. The molecule has 0 unspecified atom stereocenters. The summed E-state index contributed by atoms with van der Waals surface area (Å²) in [5.41, 5.74) is 10.4. The van der Waals surface area contributed by atoms with Gasteiger partial charge in [-0.2, -0.15) is 0 Å². The fraction of sp³-hybridized carbons (Fsp3) is 0. The van der Waals surface area contributed by atoms with Crippen molar-refractivity contribution in [2.45, 2.75) is 4.90 Å². The lowest BCUT2D eigenvalue weighted by Crippen LogP contribution is -1.99. The van der Waals surface area contributed by atoms with Gasteiger partial charge in [-0.15, -0.1) is 12.6 Å². The van der Waals surface area contributed by atoms with Crippen molar-refractivity contribution in [3.63, 3.8) is 0 Å². The number of thiol groups is 1. The van der Waals surface area contributed by atoms with Crippen molar-refractivity contribution in [3.8, 4) is 0 Å².